The SMILES string of the molecule is COc1ccc(Br)c(CC(O)c2cccc(C)n2)c1. The van der Waals surface area contributed by atoms with Crippen LogP contribution in [0.5, 0.6) is 5.75 Å². The summed E-state index contributed by atoms with van der Waals surface area (Å²) in [7, 11) is 1.63. The van der Waals surface area contributed by atoms with E-state index in [1.807, 2.05) is 43.3 Å². The number of benzene rings is 1. The Morgan fingerprint density at radius 3 is 2.79 bits per heavy atom. The van der Waals surface area contributed by atoms with E-state index in [0.717, 1.165) is 21.5 Å². The molecule has 0 aliphatic rings. The van der Waals surface area contributed by atoms with Crippen LogP contribution in [0.1, 0.15) is 23.1 Å². The Morgan fingerprint density at radius 2 is 2.11 bits per heavy atom. The van der Waals surface area contributed by atoms with Gasteiger partial charge in [0, 0.05) is 16.6 Å². The van der Waals surface area contributed by atoms with Gasteiger partial charge < -0.3 is 9.84 Å². The number of aliphatic hydroxyl groups excluding tert-OH is 1. The van der Waals surface area contributed by atoms with Crippen molar-refractivity contribution in [3.05, 3.63) is 57.8 Å². The number of aromatic nitrogens is 1. The monoisotopic (exact) mass is 321 g/mol. The van der Waals surface area contributed by atoms with Crippen LogP contribution in [-0.4, -0.2) is 17.2 Å². The zero-order chi connectivity index (χ0) is 13.8. The highest BCUT2D eigenvalue weighted by molar-refractivity contribution is 9.10. The number of hydrogen-bond donors (Lipinski definition) is 1. The molecule has 1 aromatic heterocycles. The van der Waals surface area contributed by atoms with Crippen molar-refractivity contribution < 1.29 is 9.84 Å². The molecule has 0 radical (unpaired) electrons. The van der Waals surface area contributed by atoms with E-state index < -0.39 is 6.10 Å². The van der Waals surface area contributed by atoms with Gasteiger partial charge in [0.15, 0.2) is 0 Å². The summed E-state index contributed by atoms with van der Waals surface area (Å²) in [4.78, 5) is 4.34. The third kappa shape index (κ3) is 3.55. The van der Waals surface area contributed by atoms with E-state index in [-0.39, 0.29) is 0 Å². The van der Waals surface area contributed by atoms with E-state index in [4.69, 9.17) is 4.74 Å². The second-order valence-corrected chi connectivity index (χ2v) is 5.24. The minimum absolute atomic E-state index is 0.494. The average molecular weight is 322 g/mol. The van der Waals surface area contributed by atoms with Gasteiger partial charge in [-0.25, -0.2) is 0 Å². The maximum atomic E-state index is 10.3. The normalized spacial score (nSPS) is 12.2. The number of hydrogen-bond acceptors (Lipinski definition) is 3. The highest BCUT2D eigenvalue weighted by Gasteiger charge is 2.13. The van der Waals surface area contributed by atoms with Crippen LogP contribution in [0.15, 0.2) is 40.9 Å². The van der Waals surface area contributed by atoms with Gasteiger partial charge in [-0.3, -0.25) is 4.98 Å². The molecule has 0 aliphatic heterocycles. The minimum Gasteiger partial charge on any atom is -0.497 e. The lowest BCUT2D eigenvalue weighted by molar-refractivity contribution is 0.173. The van der Waals surface area contributed by atoms with Crippen LogP contribution in [0.25, 0.3) is 0 Å². The van der Waals surface area contributed by atoms with Gasteiger partial charge in [-0.2, -0.15) is 0 Å². The summed E-state index contributed by atoms with van der Waals surface area (Å²) in [5.74, 6) is 0.780. The van der Waals surface area contributed by atoms with Gasteiger partial charge in [0.25, 0.3) is 0 Å². The Hall–Kier alpha value is -1.39. The molecule has 2 rings (SSSR count). The Kier molecular flexibility index (Phi) is 4.56. The number of pyridine rings is 1. The van der Waals surface area contributed by atoms with Gasteiger partial charge in [0.05, 0.1) is 18.9 Å². The number of ether oxygens (including phenoxy) is 1. The first-order valence-electron chi connectivity index (χ1n) is 6.04. The van der Waals surface area contributed by atoms with Crippen molar-refractivity contribution in [2.24, 2.45) is 0 Å². The van der Waals surface area contributed by atoms with Crippen LogP contribution in [-0.2, 0) is 6.42 Å². The Labute approximate surface area is 121 Å². The minimum atomic E-state index is -0.622. The van der Waals surface area contributed by atoms with Crippen molar-refractivity contribution in [3.63, 3.8) is 0 Å². The van der Waals surface area contributed by atoms with Gasteiger partial charge in [-0.05, 0) is 42.8 Å². The molecule has 19 heavy (non-hydrogen) atoms. The number of rotatable bonds is 4. The molecule has 1 aromatic carbocycles. The second-order valence-electron chi connectivity index (χ2n) is 4.38. The molecule has 0 saturated carbocycles. The molecule has 4 heteroatoms. The molecular formula is C15H16BrNO2. The van der Waals surface area contributed by atoms with E-state index in [1.54, 1.807) is 7.11 Å². The quantitative estimate of drug-likeness (QED) is 0.938. The molecule has 0 amide bonds. The number of aliphatic hydroxyl groups is 1. The zero-order valence-electron chi connectivity index (χ0n) is 10.9. The second kappa shape index (κ2) is 6.17. The lowest BCUT2D eigenvalue weighted by Crippen LogP contribution is -2.05. The standard InChI is InChI=1S/C15H16BrNO2/c1-10-4-3-5-14(17-10)15(18)9-11-8-12(19-2)6-7-13(11)16/h3-8,15,18H,9H2,1-2H3. The van der Waals surface area contributed by atoms with Crippen molar-refractivity contribution in [2.75, 3.05) is 7.11 Å². The Balaban J connectivity index is 2.21. The zero-order valence-corrected chi connectivity index (χ0v) is 12.5. The molecule has 1 N–H and O–H groups in total. The average Bonchev–Trinajstić information content (AvgIpc) is 2.41. The first-order chi connectivity index (χ1) is 9.10. The van der Waals surface area contributed by atoms with E-state index in [2.05, 4.69) is 20.9 Å². The topological polar surface area (TPSA) is 42.4 Å². The summed E-state index contributed by atoms with van der Waals surface area (Å²) in [6, 6.07) is 11.4. The van der Waals surface area contributed by atoms with Crippen LogP contribution in [0.3, 0.4) is 0 Å². The van der Waals surface area contributed by atoms with E-state index in [1.165, 1.54) is 0 Å². The molecule has 0 fully saturated rings. The predicted molar refractivity (Wildman–Crippen MR) is 78.3 cm³/mol. The first kappa shape index (κ1) is 14.0. The fraction of sp³-hybridized carbons (Fsp3) is 0.267. The first-order valence-corrected chi connectivity index (χ1v) is 6.83. The molecule has 1 unspecified atom stereocenters. The summed E-state index contributed by atoms with van der Waals surface area (Å²) in [6.45, 7) is 1.91. The predicted octanol–water partition coefficient (Wildman–Crippen LogP) is 3.44. The number of aryl methyl sites for hydroxylation is 1. The van der Waals surface area contributed by atoms with E-state index >= 15 is 0 Å². The van der Waals surface area contributed by atoms with Gasteiger partial charge in [0.2, 0.25) is 0 Å². The highest BCUT2D eigenvalue weighted by Crippen LogP contribution is 2.26. The van der Waals surface area contributed by atoms with Gasteiger partial charge in [0.1, 0.15) is 5.75 Å². The molecular weight excluding hydrogens is 306 g/mol. The van der Waals surface area contributed by atoms with Crippen LogP contribution in [0, 0.1) is 6.92 Å². The molecule has 100 valence electrons. The summed E-state index contributed by atoms with van der Waals surface area (Å²) in [6.07, 6.45) is -0.128. The van der Waals surface area contributed by atoms with Gasteiger partial charge in [-0.15, -0.1) is 0 Å². The van der Waals surface area contributed by atoms with Gasteiger partial charge >= 0.3 is 0 Å². The van der Waals surface area contributed by atoms with Crippen LogP contribution in [0.2, 0.25) is 0 Å². The fourth-order valence-corrected chi connectivity index (χ4v) is 2.31. The molecule has 2 aromatic rings. The highest BCUT2D eigenvalue weighted by atomic mass is 79.9. The van der Waals surface area contributed by atoms with E-state index in [0.29, 0.717) is 12.1 Å². The van der Waals surface area contributed by atoms with Crippen LogP contribution in [0.4, 0.5) is 0 Å². The molecule has 1 atom stereocenters. The maximum Gasteiger partial charge on any atom is 0.119 e. The van der Waals surface area contributed by atoms with Crippen molar-refractivity contribution in [1.29, 1.82) is 0 Å². The summed E-state index contributed by atoms with van der Waals surface area (Å²) in [5.41, 5.74) is 2.59. The van der Waals surface area contributed by atoms with Crippen LogP contribution >= 0.6 is 15.9 Å². The van der Waals surface area contributed by atoms with Gasteiger partial charge in [-0.1, -0.05) is 22.0 Å². The third-order valence-electron chi connectivity index (χ3n) is 2.92. The molecule has 0 saturated heterocycles. The molecule has 0 aliphatic carbocycles. The van der Waals surface area contributed by atoms with Crippen molar-refractivity contribution in [2.45, 2.75) is 19.4 Å². The van der Waals surface area contributed by atoms with E-state index in [9.17, 15) is 5.11 Å². The van der Waals surface area contributed by atoms with Crippen molar-refractivity contribution >= 4 is 15.9 Å². The summed E-state index contributed by atoms with van der Waals surface area (Å²) >= 11 is 3.49. The maximum absolute atomic E-state index is 10.3. The summed E-state index contributed by atoms with van der Waals surface area (Å²) < 4.78 is 6.16. The number of halogens is 1. The van der Waals surface area contributed by atoms with Crippen LogP contribution < -0.4 is 4.74 Å². The Morgan fingerprint density at radius 1 is 1.32 bits per heavy atom. The third-order valence-corrected chi connectivity index (χ3v) is 3.69. The lowest BCUT2D eigenvalue weighted by atomic mass is 10.0. The number of nitrogens with zero attached hydrogens (tertiary/aromatic N) is 1. The number of methoxy groups -OCH3 is 1. The fourth-order valence-electron chi connectivity index (χ4n) is 1.90. The smallest absolute Gasteiger partial charge is 0.119 e. The lowest BCUT2D eigenvalue weighted by Gasteiger charge is -2.13. The molecule has 3 nitrogen and oxygen atoms in total. The van der Waals surface area contributed by atoms with Crippen molar-refractivity contribution in [3.8, 4) is 5.75 Å². The Bertz CT molecular complexity index is 572. The van der Waals surface area contributed by atoms with Crippen molar-refractivity contribution in [1.82, 2.24) is 4.98 Å². The summed E-state index contributed by atoms with van der Waals surface area (Å²) in [5, 5.41) is 10.3. The molecule has 0 spiro atoms. The largest absolute Gasteiger partial charge is 0.497 e. The molecule has 1 heterocycles. The molecule has 0 bridgehead atoms.